The van der Waals surface area contributed by atoms with Gasteiger partial charge in [0.25, 0.3) is 5.91 Å². The van der Waals surface area contributed by atoms with Crippen molar-refractivity contribution in [3.63, 3.8) is 0 Å². The van der Waals surface area contributed by atoms with Crippen molar-refractivity contribution in [2.45, 2.75) is 9.79 Å². The second kappa shape index (κ2) is 8.46. The second-order valence-electron chi connectivity index (χ2n) is 5.95. The second-order valence-corrected chi connectivity index (χ2v) is 8.31. The molecule has 0 saturated heterocycles. The number of amides is 1. The minimum absolute atomic E-state index is 0.0386. The van der Waals surface area contributed by atoms with E-state index >= 15 is 0 Å². The fourth-order valence-corrected chi connectivity index (χ4v) is 4.16. The minimum atomic E-state index is -3.82. The van der Waals surface area contributed by atoms with Gasteiger partial charge >= 0.3 is 5.97 Å². The predicted molar refractivity (Wildman–Crippen MR) is 109 cm³/mol. The predicted octanol–water partition coefficient (Wildman–Crippen LogP) is 4.21. The number of methoxy groups -OCH3 is 1. The monoisotopic (exact) mass is 429 g/mol. The van der Waals surface area contributed by atoms with E-state index in [9.17, 15) is 18.0 Å². The smallest absolute Gasteiger partial charge is 0.339 e. The van der Waals surface area contributed by atoms with Crippen LogP contribution in [0.3, 0.4) is 0 Å². The lowest BCUT2D eigenvalue weighted by Gasteiger charge is -2.12. The van der Waals surface area contributed by atoms with Crippen molar-refractivity contribution >= 4 is 39.0 Å². The Kier molecular flexibility index (Phi) is 6.00. The van der Waals surface area contributed by atoms with E-state index in [-0.39, 0.29) is 31.6 Å². The number of halogens is 1. The third-order valence-electron chi connectivity index (χ3n) is 4.13. The lowest BCUT2D eigenvalue weighted by molar-refractivity contribution is 0.0602. The molecule has 0 spiro atoms. The standard InChI is InChI=1S/C21H16ClNO5S/c1-28-21(25)16-9-5-6-10-19(16)23-20(24)17-13-15(11-12-18(17)22)29(26,27)14-7-3-2-4-8-14/h2-13H,1H3,(H,23,24). The Balaban J connectivity index is 1.98. The van der Waals surface area contributed by atoms with Crippen LogP contribution in [-0.2, 0) is 14.6 Å². The van der Waals surface area contributed by atoms with E-state index in [4.69, 9.17) is 16.3 Å². The molecule has 0 aliphatic rings. The molecule has 3 aromatic carbocycles. The summed E-state index contributed by atoms with van der Waals surface area (Å²) in [6.45, 7) is 0. The number of hydrogen-bond donors (Lipinski definition) is 1. The van der Waals surface area contributed by atoms with Crippen molar-refractivity contribution in [3.05, 3.63) is 88.9 Å². The maximum atomic E-state index is 12.8. The molecular weight excluding hydrogens is 414 g/mol. The maximum absolute atomic E-state index is 12.8. The largest absolute Gasteiger partial charge is 0.465 e. The quantitative estimate of drug-likeness (QED) is 0.613. The number of rotatable bonds is 5. The van der Waals surface area contributed by atoms with E-state index in [0.717, 1.165) is 0 Å². The van der Waals surface area contributed by atoms with Gasteiger partial charge in [0.1, 0.15) is 0 Å². The molecule has 0 fully saturated rings. The Morgan fingerprint density at radius 2 is 1.52 bits per heavy atom. The highest BCUT2D eigenvalue weighted by molar-refractivity contribution is 7.91. The van der Waals surface area contributed by atoms with Gasteiger partial charge in [-0.05, 0) is 42.5 Å². The van der Waals surface area contributed by atoms with E-state index in [2.05, 4.69) is 5.32 Å². The number of sulfone groups is 1. The van der Waals surface area contributed by atoms with Crippen LogP contribution < -0.4 is 5.32 Å². The summed E-state index contributed by atoms with van der Waals surface area (Å²) in [4.78, 5) is 24.7. The van der Waals surface area contributed by atoms with Crippen molar-refractivity contribution in [3.8, 4) is 0 Å². The molecule has 0 bridgehead atoms. The van der Waals surface area contributed by atoms with Gasteiger partial charge in [0.15, 0.2) is 0 Å². The van der Waals surface area contributed by atoms with Gasteiger partial charge in [0, 0.05) is 0 Å². The average Bonchev–Trinajstić information content (AvgIpc) is 2.74. The van der Waals surface area contributed by atoms with Gasteiger partial charge in [-0.1, -0.05) is 41.9 Å². The van der Waals surface area contributed by atoms with Crippen LogP contribution >= 0.6 is 11.6 Å². The third kappa shape index (κ3) is 4.31. The van der Waals surface area contributed by atoms with Crippen molar-refractivity contribution in [2.24, 2.45) is 0 Å². The number of ether oxygens (including phenoxy) is 1. The zero-order valence-electron chi connectivity index (χ0n) is 15.3. The van der Waals surface area contributed by atoms with Crippen LogP contribution in [0.2, 0.25) is 5.02 Å². The Morgan fingerprint density at radius 1 is 0.862 bits per heavy atom. The summed E-state index contributed by atoms with van der Waals surface area (Å²) in [5.41, 5.74) is 0.340. The van der Waals surface area contributed by atoms with Gasteiger partial charge in [-0.3, -0.25) is 4.79 Å². The summed E-state index contributed by atoms with van der Waals surface area (Å²) < 4.78 is 30.4. The van der Waals surface area contributed by atoms with Crippen LogP contribution in [0.5, 0.6) is 0 Å². The molecule has 0 saturated carbocycles. The molecular formula is C21H16ClNO5S. The number of benzene rings is 3. The number of nitrogens with one attached hydrogen (secondary N) is 1. The Labute approximate surface area is 173 Å². The normalized spacial score (nSPS) is 11.0. The van der Waals surface area contributed by atoms with Crippen LogP contribution in [0.25, 0.3) is 0 Å². The van der Waals surface area contributed by atoms with E-state index in [1.807, 2.05) is 0 Å². The highest BCUT2D eigenvalue weighted by atomic mass is 35.5. The molecule has 3 aromatic rings. The summed E-state index contributed by atoms with van der Waals surface area (Å²) in [5.74, 6) is -1.27. The van der Waals surface area contributed by atoms with Gasteiger partial charge in [0.2, 0.25) is 9.84 Å². The SMILES string of the molecule is COC(=O)c1ccccc1NC(=O)c1cc(S(=O)(=O)c2ccccc2)ccc1Cl. The van der Waals surface area contributed by atoms with Crippen molar-refractivity contribution in [1.82, 2.24) is 0 Å². The third-order valence-corrected chi connectivity index (χ3v) is 6.22. The molecule has 148 valence electrons. The molecule has 0 radical (unpaired) electrons. The molecule has 1 amide bonds. The zero-order valence-corrected chi connectivity index (χ0v) is 16.8. The molecule has 0 aliphatic heterocycles. The molecule has 29 heavy (non-hydrogen) atoms. The number of para-hydroxylation sites is 1. The summed E-state index contributed by atoms with van der Waals surface area (Å²) in [6.07, 6.45) is 0. The van der Waals surface area contributed by atoms with Crippen molar-refractivity contribution in [2.75, 3.05) is 12.4 Å². The molecule has 8 heteroatoms. The van der Waals surface area contributed by atoms with Gasteiger partial charge in [-0.2, -0.15) is 0 Å². The first-order valence-electron chi connectivity index (χ1n) is 8.43. The van der Waals surface area contributed by atoms with Gasteiger partial charge in [-0.15, -0.1) is 0 Å². The van der Waals surface area contributed by atoms with Gasteiger partial charge in [-0.25, -0.2) is 13.2 Å². The maximum Gasteiger partial charge on any atom is 0.339 e. The molecule has 1 N–H and O–H groups in total. The first-order chi connectivity index (χ1) is 13.8. The van der Waals surface area contributed by atoms with Crippen LogP contribution in [0.4, 0.5) is 5.69 Å². The van der Waals surface area contributed by atoms with E-state index < -0.39 is 21.7 Å². The number of anilines is 1. The van der Waals surface area contributed by atoms with Crippen molar-refractivity contribution in [1.29, 1.82) is 0 Å². The van der Waals surface area contributed by atoms with Gasteiger partial charge in [0.05, 0.1) is 38.7 Å². The molecule has 0 unspecified atom stereocenters. The number of carbonyl (C=O) groups excluding carboxylic acids is 2. The molecule has 0 aliphatic carbocycles. The first kappa shape index (κ1) is 20.6. The Morgan fingerprint density at radius 3 is 2.21 bits per heavy atom. The van der Waals surface area contributed by atoms with E-state index in [1.54, 1.807) is 30.3 Å². The number of hydrogen-bond acceptors (Lipinski definition) is 5. The van der Waals surface area contributed by atoms with E-state index in [0.29, 0.717) is 0 Å². The number of esters is 1. The molecule has 0 aromatic heterocycles. The summed E-state index contributed by atoms with van der Waals surface area (Å²) in [5, 5.41) is 2.66. The van der Waals surface area contributed by atoms with Crippen LogP contribution in [0.15, 0.2) is 82.6 Å². The topological polar surface area (TPSA) is 89.5 Å². The fraction of sp³-hybridized carbons (Fsp3) is 0.0476. The van der Waals surface area contributed by atoms with E-state index in [1.165, 1.54) is 49.6 Å². The molecule has 0 heterocycles. The minimum Gasteiger partial charge on any atom is -0.465 e. The molecule has 3 rings (SSSR count). The Bertz CT molecular complexity index is 1180. The zero-order chi connectivity index (χ0) is 21.0. The lowest BCUT2D eigenvalue weighted by Crippen LogP contribution is -2.16. The van der Waals surface area contributed by atoms with Crippen LogP contribution in [0.1, 0.15) is 20.7 Å². The molecule has 6 nitrogen and oxygen atoms in total. The Hall–Kier alpha value is -3.16. The summed E-state index contributed by atoms with van der Waals surface area (Å²) in [6, 6.07) is 18.1. The molecule has 0 atom stereocenters. The lowest BCUT2D eigenvalue weighted by atomic mass is 10.1. The summed E-state index contributed by atoms with van der Waals surface area (Å²) >= 11 is 6.14. The average molecular weight is 430 g/mol. The summed E-state index contributed by atoms with van der Waals surface area (Å²) in [7, 11) is -2.59. The highest BCUT2D eigenvalue weighted by Crippen LogP contribution is 2.26. The number of carbonyl (C=O) groups is 2. The fourth-order valence-electron chi connectivity index (χ4n) is 2.65. The first-order valence-corrected chi connectivity index (χ1v) is 10.3. The van der Waals surface area contributed by atoms with Crippen molar-refractivity contribution < 1.29 is 22.7 Å². The van der Waals surface area contributed by atoms with Crippen LogP contribution in [-0.4, -0.2) is 27.4 Å². The highest BCUT2D eigenvalue weighted by Gasteiger charge is 2.22. The van der Waals surface area contributed by atoms with Crippen LogP contribution in [0, 0.1) is 0 Å². The van der Waals surface area contributed by atoms with Gasteiger partial charge < -0.3 is 10.1 Å².